The molecule has 1 fully saturated rings. The van der Waals surface area contributed by atoms with Crippen LogP contribution in [0.2, 0.25) is 0 Å². The lowest BCUT2D eigenvalue weighted by Gasteiger charge is -2.35. The van der Waals surface area contributed by atoms with Crippen molar-refractivity contribution in [1.29, 1.82) is 10.9 Å². The van der Waals surface area contributed by atoms with Crippen molar-refractivity contribution in [2.75, 3.05) is 13.1 Å². The molecule has 2 bridgehead atoms. The summed E-state index contributed by atoms with van der Waals surface area (Å²) in [5.41, 5.74) is 13.2. The van der Waals surface area contributed by atoms with E-state index in [1.807, 2.05) is 24.3 Å². The highest BCUT2D eigenvalue weighted by atomic mass is 79.9. The van der Waals surface area contributed by atoms with Crippen LogP contribution in [0.5, 0.6) is 0 Å². The van der Waals surface area contributed by atoms with Crippen LogP contribution in [0.1, 0.15) is 75.0 Å². The molecule has 5 nitrogen and oxygen atoms in total. The summed E-state index contributed by atoms with van der Waals surface area (Å²) in [6.45, 7) is 10.2. The van der Waals surface area contributed by atoms with E-state index in [9.17, 15) is 0 Å². The monoisotopic (exact) mass is 573 g/mol. The third-order valence-corrected chi connectivity index (χ3v) is 8.84. The van der Waals surface area contributed by atoms with Gasteiger partial charge in [-0.1, -0.05) is 77.5 Å². The van der Waals surface area contributed by atoms with Crippen molar-refractivity contribution in [1.82, 2.24) is 4.90 Å². The Morgan fingerprint density at radius 2 is 2.00 bits per heavy atom. The van der Waals surface area contributed by atoms with Crippen molar-refractivity contribution < 1.29 is 0 Å². The number of hydrogen-bond donors (Lipinski definition) is 2. The predicted molar refractivity (Wildman–Crippen MR) is 162 cm³/mol. The zero-order valence-corrected chi connectivity index (χ0v) is 24.4. The van der Waals surface area contributed by atoms with E-state index >= 15 is 0 Å². The molecule has 2 aliphatic carbocycles. The molecule has 2 aromatic rings. The van der Waals surface area contributed by atoms with Gasteiger partial charge in [-0.3, -0.25) is 5.41 Å². The average Bonchev–Trinajstić information content (AvgIpc) is 3.22. The van der Waals surface area contributed by atoms with Crippen molar-refractivity contribution in [3.8, 4) is 0 Å². The predicted octanol–water partition coefficient (Wildman–Crippen LogP) is 9.18. The first-order chi connectivity index (χ1) is 18.3. The number of aliphatic imine (C=N–C) groups is 1. The second-order valence-electron chi connectivity index (χ2n) is 11.0. The van der Waals surface area contributed by atoms with Gasteiger partial charge in [-0.15, -0.1) is 5.11 Å². The molecule has 0 heterocycles. The summed E-state index contributed by atoms with van der Waals surface area (Å²) in [5, 5.41) is 11.4. The summed E-state index contributed by atoms with van der Waals surface area (Å²) in [6, 6.07) is 16.4. The van der Waals surface area contributed by atoms with E-state index in [4.69, 9.17) is 15.9 Å². The van der Waals surface area contributed by atoms with Gasteiger partial charge in [0.1, 0.15) is 11.7 Å². The zero-order chi connectivity index (χ0) is 27.1. The van der Waals surface area contributed by atoms with Crippen molar-refractivity contribution >= 4 is 33.3 Å². The van der Waals surface area contributed by atoms with Crippen LogP contribution in [-0.2, 0) is 0 Å². The number of rotatable bonds is 10. The van der Waals surface area contributed by atoms with Gasteiger partial charge >= 0.3 is 0 Å². The Kier molecular flexibility index (Phi) is 9.48. The summed E-state index contributed by atoms with van der Waals surface area (Å²) in [5.74, 6) is 1.79. The average molecular weight is 575 g/mol. The molecule has 1 saturated carbocycles. The Labute approximate surface area is 236 Å². The third kappa shape index (κ3) is 6.96. The summed E-state index contributed by atoms with van der Waals surface area (Å²) in [7, 11) is 0. The fraction of sp³-hybridized carbons (Fsp3) is 0.438. The maximum absolute atomic E-state index is 8.06. The summed E-state index contributed by atoms with van der Waals surface area (Å²) in [4.78, 5) is 7.49. The van der Waals surface area contributed by atoms with Crippen molar-refractivity contribution in [3.05, 3.63) is 87.9 Å². The highest BCUT2D eigenvalue weighted by Gasteiger charge is 2.40. The Hall–Kier alpha value is -2.86. The van der Waals surface area contributed by atoms with E-state index in [2.05, 4.69) is 76.7 Å². The standard InChI is InChI=1S/C32H40BrN5/c1-4-25-12-13-26-14-16-32(21-25,22-26)17-19-38(18-15-30(34)37-35)31(29-11-6-5-8-23(29)2)36-24(3)27-9-7-10-28(33)20-27/h5-12,20,26,34-35H,3-4,13-19,21-22H2,1-2H3. The molecular formula is C32H40BrN5. The molecule has 2 N–H and O–H groups in total. The number of amidine groups is 2. The molecule has 6 heteroatoms. The van der Waals surface area contributed by atoms with Gasteiger partial charge in [0.25, 0.3) is 0 Å². The van der Waals surface area contributed by atoms with Gasteiger partial charge in [-0.25, -0.2) is 10.5 Å². The molecule has 0 amide bonds. The molecule has 0 aromatic heterocycles. The van der Waals surface area contributed by atoms with E-state index in [1.54, 1.807) is 5.57 Å². The highest BCUT2D eigenvalue weighted by molar-refractivity contribution is 9.10. The topological polar surface area (TPSA) is 75.7 Å². The molecule has 0 radical (unpaired) electrons. The molecule has 2 aromatic carbocycles. The number of hydrogen-bond acceptors (Lipinski definition) is 3. The Balaban J connectivity index is 1.69. The first kappa shape index (κ1) is 28.2. The molecule has 200 valence electrons. The quantitative estimate of drug-likeness (QED) is 0.126. The van der Waals surface area contributed by atoms with Crippen molar-refractivity contribution in [2.45, 2.75) is 65.2 Å². The first-order valence-electron chi connectivity index (χ1n) is 13.8. The van der Waals surface area contributed by atoms with Gasteiger partial charge in [0.2, 0.25) is 0 Å². The van der Waals surface area contributed by atoms with Gasteiger partial charge in [0.05, 0.1) is 5.70 Å². The van der Waals surface area contributed by atoms with Gasteiger partial charge < -0.3 is 4.90 Å². The molecule has 0 aliphatic heterocycles. The Morgan fingerprint density at radius 1 is 1.18 bits per heavy atom. The summed E-state index contributed by atoms with van der Waals surface area (Å²) < 4.78 is 0.995. The smallest absolute Gasteiger partial charge is 0.144 e. The van der Waals surface area contributed by atoms with Gasteiger partial charge in [0.15, 0.2) is 0 Å². The molecule has 2 unspecified atom stereocenters. The normalized spacial score (nSPS) is 21.0. The number of benzene rings is 2. The van der Waals surface area contributed by atoms with E-state index in [0.29, 0.717) is 24.1 Å². The fourth-order valence-electron chi connectivity index (χ4n) is 6.14. The van der Waals surface area contributed by atoms with Crippen LogP contribution in [-0.4, -0.2) is 29.7 Å². The largest absolute Gasteiger partial charge is 0.356 e. The van der Waals surface area contributed by atoms with Gasteiger partial charge in [-0.2, -0.15) is 0 Å². The van der Waals surface area contributed by atoms with Crippen LogP contribution in [0.15, 0.2) is 81.3 Å². The highest BCUT2D eigenvalue weighted by Crippen LogP contribution is 2.52. The zero-order valence-electron chi connectivity index (χ0n) is 22.8. The van der Waals surface area contributed by atoms with Crippen LogP contribution in [0.25, 0.3) is 5.70 Å². The van der Waals surface area contributed by atoms with Crippen LogP contribution in [0, 0.1) is 29.2 Å². The van der Waals surface area contributed by atoms with E-state index < -0.39 is 0 Å². The number of halogens is 1. The summed E-state index contributed by atoms with van der Waals surface area (Å²) >= 11 is 3.58. The molecule has 0 saturated heterocycles. The molecule has 38 heavy (non-hydrogen) atoms. The molecule has 2 atom stereocenters. The summed E-state index contributed by atoms with van der Waals surface area (Å²) in [6.07, 6.45) is 11.5. The minimum Gasteiger partial charge on any atom is -0.356 e. The lowest BCUT2D eigenvalue weighted by Crippen LogP contribution is -2.37. The van der Waals surface area contributed by atoms with Crippen LogP contribution in [0.3, 0.4) is 0 Å². The number of nitrogens with zero attached hydrogens (tertiary/aromatic N) is 3. The maximum Gasteiger partial charge on any atom is 0.144 e. The van der Waals surface area contributed by atoms with Crippen molar-refractivity contribution in [3.63, 3.8) is 0 Å². The first-order valence-corrected chi connectivity index (χ1v) is 14.6. The van der Waals surface area contributed by atoms with Crippen molar-refractivity contribution in [2.24, 2.45) is 21.4 Å². The lowest BCUT2D eigenvalue weighted by molar-refractivity contribution is 0.230. The number of aryl methyl sites for hydroxylation is 1. The molecule has 0 spiro atoms. The van der Waals surface area contributed by atoms with E-state index in [1.165, 1.54) is 32.1 Å². The SMILES string of the molecule is C=C(N=C(c1ccccc1C)N(CCC(=N)N=N)CCC12CCC(CC=C(CC)C1)C2)c1cccc(Br)c1. The van der Waals surface area contributed by atoms with Crippen LogP contribution in [0.4, 0.5) is 0 Å². The number of nitrogens with one attached hydrogen (secondary N) is 2. The second kappa shape index (κ2) is 12.8. The number of fused-ring (bicyclic) bond motifs is 2. The Bertz CT molecular complexity index is 1250. The Morgan fingerprint density at radius 3 is 2.74 bits per heavy atom. The maximum atomic E-state index is 8.06. The fourth-order valence-corrected chi connectivity index (χ4v) is 6.54. The molecular weight excluding hydrogens is 534 g/mol. The lowest BCUT2D eigenvalue weighted by atomic mass is 9.76. The van der Waals surface area contributed by atoms with Gasteiger partial charge in [-0.05, 0) is 80.9 Å². The minimum absolute atomic E-state index is 0.0923. The van der Waals surface area contributed by atoms with E-state index in [-0.39, 0.29) is 5.84 Å². The van der Waals surface area contributed by atoms with Crippen LogP contribution >= 0.6 is 15.9 Å². The minimum atomic E-state index is 0.0923. The van der Waals surface area contributed by atoms with Crippen LogP contribution < -0.4 is 0 Å². The second-order valence-corrected chi connectivity index (χ2v) is 11.9. The molecule has 4 rings (SSSR count). The third-order valence-electron chi connectivity index (χ3n) is 8.35. The molecule has 2 aliphatic rings. The van der Waals surface area contributed by atoms with E-state index in [0.717, 1.165) is 52.3 Å². The van der Waals surface area contributed by atoms with Gasteiger partial charge in [0, 0.05) is 35.1 Å². The number of allylic oxidation sites excluding steroid dienone is 2.